The first-order valence-electron chi connectivity index (χ1n) is 3.93. The van der Waals surface area contributed by atoms with Crippen molar-refractivity contribution in [3.05, 3.63) is 29.6 Å². The topological polar surface area (TPSA) is 50.2 Å². The molecule has 15 heavy (non-hydrogen) atoms. The number of hydrogen-bond acceptors (Lipinski definition) is 2. The zero-order valence-corrected chi connectivity index (χ0v) is 8.17. The molecule has 6 heteroatoms. The Kier molecular flexibility index (Phi) is 4.77. The number of pyridine rings is 1. The number of rotatable bonds is 0. The molecular formula is C9H10F3NO2. The van der Waals surface area contributed by atoms with Gasteiger partial charge >= 0.3 is 6.18 Å². The van der Waals surface area contributed by atoms with Crippen molar-refractivity contribution in [2.75, 3.05) is 0 Å². The van der Waals surface area contributed by atoms with Gasteiger partial charge in [-0.25, -0.2) is 0 Å². The van der Waals surface area contributed by atoms with Crippen molar-refractivity contribution < 1.29 is 23.1 Å². The fourth-order valence-electron chi connectivity index (χ4n) is 0.635. The Hall–Kier alpha value is -1.59. The van der Waals surface area contributed by atoms with Gasteiger partial charge in [0.25, 0.3) is 5.97 Å². The number of aliphatic carboxylic acids is 1. The zero-order chi connectivity index (χ0) is 12.1. The third kappa shape index (κ3) is 6.48. The van der Waals surface area contributed by atoms with Crippen molar-refractivity contribution in [3.63, 3.8) is 0 Å². The molecule has 0 unspecified atom stereocenters. The molecule has 0 aliphatic carbocycles. The smallest absolute Gasteiger partial charge is 0.433 e. The maximum Gasteiger partial charge on any atom is 0.433 e. The van der Waals surface area contributed by atoms with Gasteiger partial charge in [-0.3, -0.25) is 9.78 Å². The van der Waals surface area contributed by atoms with Gasteiger partial charge in [-0.05, 0) is 18.6 Å². The molecule has 0 bridgehead atoms. The quantitative estimate of drug-likeness (QED) is 0.732. The molecular weight excluding hydrogens is 211 g/mol. The molecule has 0 aliphatic rings. The van der Waals surface area contributed by atoms with Crippen LogP contribution >= 0.6 is 0 Å². The van der Waals surface area contributed by atoms with Crippen LogP contribution in [0.15, 0.2) is 18.3 Å². The molecule has 1 heterocycles. The Bertz CT molecular complexity index is 315. The van der Waals surface area contributed by atoms with Gasteiger partial charge in [0, 0.05) is 13.1 Å². The highest BCUT2D eigenvalue weighted by Crippen LogP contribution is 2.26. The molecule has 1 aromatic heterocycles. The van der Waals surface area contributed by atoms with Gasteiger partial charge in [0.05, 0.1) is 0 Å². The van der Waals surface area contributed by atoms with Gasteiger partial charge in [-0.2, -0.15) is 13.2 Å². The van der Waals surface area contributed by atoms with E-state index in [0.717, 1.165) is 18.6 Å². The highest BCUT2D eigenvalue weighted by Gasteiger charge is 2.31. The van der Waals surface area contributed by atoms with E-state index >= 15 is 0 Å². The average molecular weight is 221 g/mol. The van der Waals surface area contributed by atoms with E-state index < -0.39 is 17.8 Å². The monoisotopic (exact) mass is 221 g/mol. The first kappa shape index (κ1) is 13.4. The summed E-state index contributed by atoms with van der Waals surface area (Å²) in [7, 11) is 0. The minimum atomic E-state index is -4.33. The van der Waals surface area contributed by atoms with Crippen molar-refractivity contribution in [1.29, 1.82) is 0 Å². The molecule has 0 atom stereocenters. The van der Waals surface area contributed by atoms with E-state index in [-0.39, 0.29) is 0 Å². The molecule has 1 aromatic rings. The minimum Gasteiger partial charge on any atom is -0.481 e. The average Bonchev–Trinajstić information content (AvgIpc) is 2.01. The number of aryl methyl sites for hydroxylation is 1. The predicted molar refractivity (Wildman–Crippen MR) is 47.3 cm³/mol. The third-order valence-electron chi connectivity index (χ3n) is 1.20. The van der Waals surface area contributed by atoms with Crippen LogP contribution in [0.25, 0.3) is 0 Å². The Balaban J connectivity index is 0.000000423. The van der Waals surface area contributed by atoms with Gasteiger partial charge in [0.1, 0.15) is 5.69 Å². The molecule has 0 aromatic carbocycles. The van der Waals surface area contributed by atoms with Gasteiger partial charge in [0.2, 0.25) is 0 Å². The van der Waals surface area contributed by atoms with Gasteiger partial charge in [0.15, 0.2) is 0 Å². The Morgan fingerprint density at radius 3 is 2.13 bits per heavy atom. The predicted octanol–water partition coefficient (Wildman–Crippen LogP) is 2.50. The molecule has 3 nitrogen and oxygen atoms in total. The summed E-state index contributed by atoms with van der Waals surface area (Å²) in [5.74, 6) is -0.833. The first-order valence-corrected chi connectivity index (χ1v) is 3.93. The lowest BCUT2D eigenvalue weighted by molar-refractivity contribution is -0.141. The molecule has 0 spiro atoms. The molecule has 0 radical (unpaired) electrons. The van der Waals surface area contributed by atoms with Crippen LogP contribution in [0.4, 0.5) is 13.2 Å². The Morgan fingerprint density at radius 1 is 1.40 bits per heavy atom. The summed E-state index contributed by atoms with van der Waals surface area (Å²) >= 11 is 0. The Morgan fingerprint density at radius 2 is 1.87 bits per heavy atom. The summed E-state index contributed by atoms with van der Waals surface area (Å²) in [6.45, 7) is 2.77. The molecule has 1 N–H and O–H groups in total. The van der Waals surface area contributed by atoms with E-state index in [1.807, 2.05) is 0 Å². The fourth-order valence-corrected chi connectivity index (χ4v) is 0.635. The van der Waals surface area contributed by atoms with E-state index in [2.05, 4.69) is 4.98 Å². The summed E-state index contributed by atoms with van der Waals surface area (Å²) in [5.41, 5.74) is -0.124. The van der Waals surface area contributed by atoms with E-state index in [9.17, 15) is 13.2 Å². The standard InChI is InChI=1S/C7H6F3N.C2H4O2/c1-5-2-3-6(11-4-5)7(8,9)10;1-2(3)4/h2-4H,1H3;1H3,(H,3,4). The van der Waals surface area contributed by atoms with Crippen LogP contribution in [0, 0.1) is 6.92 Å². The Labute approximate surface area is 84.6 Å². The number of carbonyl (C=O) groups is 1. The van der Waals surface area contributed by atoms with Crippen molar-refractivity contribution in [2.24, 2.45) is 0 Å². The highest BCUT2D eigenvalue weighted by atomic mass is 19.4. The minimum absolute atomic E-state index is 0.720. The summed E-state index contributed by atoms with van der Waals surface area (Å²) in [6, 6.07) is 2.35. The van der Waals surface area contributed by atoms with Gasteiger partial charge < -0.3 is 5.11 Å². The molecule has 0 amide bonds. The molecule has 84 valence electrons. The normalized spacial score (nSPS) is 10.2. The molecule has 1 rings (SSSR count). The van der Waals surface area contributed by atoms with Gasteiger partial charge in [-0.1, -0.05) is 6.07 Å². The summed E-state index contributed by atoms with van der Waals surface area (Å²) in [5, 5.41) is 7.42. The molecule has 0 fully saturated rings. The van der Waals surface area contributed by atoms with E-state index in [1.54, 1.807) is 6.92 Å². The third-order valence-corrected chi connectivity index (χ3v) is 1.20. The van der Waals surface area contributed by atoms with Crippen molar-refractivity contribution in [2.45, 2.75) is 20.0 Å². The maximum atomic E-state index is 11.9. The van der Waals surface area contributed by atoms with E-state index in [1.165, 1.54) is 12.3 Å². The highest BCUT2D eigenvalue weighted by molar-refractivity contribution is 5.62. The number of aromatic nitrogens is 1. The van der Waals surface area contributed by atoms with Gasteiger partial charge in [-0.15, -0.1) is 0 Å². The van der Waals surface area contributed by atoms with Crippen molar-refractivity contribution >= 4 is 5.97 Å². The lowest BCUT2D eigenvalue weighted by atomic mass is 10.3. The number of hydrogen-bond donors (Lipinski definition) is 1. The van der Waals surface area contributed by atoms with E-state index in [4.69, 9.17) is 9.90 Å². The number of alkyl halides is 3. The number of nitrogens with zero attached hydrogens (tertiary/aromatic N) is 1. The summed E-state index contributed by atoms with van der Waals surface area (Å²) in [6.07, 6.45) is -3.13. The van der Waals surface area contributed by atoms with Crippen LogP contribution in [0.1, 0.15) is 18.2 Å². The number of carboxylic acids is 1. The first-order chi connectivity index (χ1) is 6.73. The van der Waals surface area contributed by atoms with E-state index in [0.29, 0.717) is 0 Å². The second-order valence-corrected chi connectivity index (χ2v) is 2.74. The largest absolute Gasteiger partial charge is 0.481 e. The van der Waals surface area contributed by atoms with Crippen LogP contribution in [0.3, 0.4) is 0 Å². The SMILES string of the molecule is CC(=O)O.Cc1ccc(C(F)(F)F)nc1. The number of carboxylic acid groups (broad SMARTS) is 1. The van der Waals surface area contributed by atoms with Crippen LogP contribution in [0.2, 0.25) is 0 Å². The molecule has 0 saturated heterocycles. The number of halogens is 3. The van der Waals surface area contributed by atoms with Crippen molar-refractivity contribution in [3.8, 4) is 0 Å². The fraction of sp³-hybridized carbons (Fsp3) is 0.333. The lowest BCUT2D eigenvalue weighted by Gasteiger charge is -2.03. The van der Waals surface area contributed by atoms with Crippen LogP contribution in [-0.2, 0) is 11.0 Å². The van der Waals surface area contributed by atoms with Crippen molar-refractivity contribution in [1.82, 2.24) is 4.98 Å². The summed E-state index contributed by atoms with van der Waals surface area (Å²) in [4.78, 5) is 12.2. The van der Waals surface area contributed by atoms with Crippen LogP contribution in [0.5, 0.6) is 0 Å². The molecule has 0 saturated carbocycles. The van der Waals surface area contributed by atoms with Crippen LogP contribution < -0.4 is 0 Å². The molecule has 0 aliphatic heterocycles. The second kappa shape index (κ2) is 5.33. The second-order valence-electron chi connectivity index (χ2n) is 2.74. The maximum absolute atomic E-state index is 11.9. The summed E-state index contributed by atoms with van der Waals surface area (Å²) < 4.78 is 35.6. The zero-order valence-electron chi connectivity index (χ0n) is 8.17. The van der Waals surface area contributed by atoms with Crippen LogP contribution in [-0.4, -0.2) is 16.1 Å². The lowest BCUT2D eigenvalue weighted by Crippen LogP contribution is -2.07.